The van der Waals surface area contributed by atoms with E-state index < -0.39 is 20.4 Å². The second-order valence-electron chi connectivity index (χ2n) is 24.4. The van der Waals surface area contributed by atoms with Gasteiger partial charge in [0.2, 0.25) is 0 Å². The van der Waals surface area contributed by atoms with Gasteiger partial charge in [-0.2, -0.15) is 0 Å². The predicted molar refractivity (Wildman–Crippen MR) is 373 cm³/mol. The fourth-order valence-corrected chi connectivity index (χ4v) is 27.7. The Morgan fingerprint density at radius 3 is 1.44 bits per heavy atom. The number of carbonyl (C=O) groups excluding carboxylic acids is 4. The minimum Gasteiger partial charge on any atom is -0.434 e. The van der Waals surface area contributed by atoms with Crippen molar-refractivity contribution in [2.45, 2.75) is 253 Å². The zero-order valence-electron chi connectivity index (χ0n) is 53.3. The van der Waals surface area contributed by atoms with Gasteiger partial charge in [0.1, 0.15) is 8.07 Å². The van der Waals surface area contributed by atoms with E-state index in [9.17, 15) is 14.4 Å². The number of amides is 2. The van der Waals surface area contributed by atoms with Gasteiger partial charge in [-0.3, -0.25) is 14.5 Å². The van der Waals surface area contributed by atoms with Crippen LogP contribution >= 0.6 is 72.6 Å². The number of fused-ring (bicyclic) bond motifs is 4. The minimum atomic E-state index is -2.25. The SMILES string of the molecule is CCCCCCCCCOC(=O)OCCc1cc(-c2sc(-c3cc(CCOC(=O)OCCCCCCCCC)c(-c4cc5c(s4)-c4sccc4[Si]5(CC(CC)CCCC)CC(CC)CCCC)s3)c3c2C(=O)N(CCCCCCCC)C3=O)sc1Br. The highest BCUT2D eigenvalue weighted by Gasteiger charge is 2.50. The van der Waals surface area contributed by atoms with Gasteiger partial charge < -0.3 is 18.9 Å². The zero-order chi connectivity index (χ0) is 61.3. The molecule has 0 aromatic carbocycles. The molecule has 7 rings (SSSR count). The molecule has 2 aliphatic heterocycles. The van der Waals surface area contributed by atoms with E-state index in [2.05, 4.69) is 94.0 Å². The third kappa shape index (κ3) is 19.0. The monoisotopic (exact) mass is 1350 g/mol. The van der Waals surface area contributed by atoms with Crippen LogP contribution in [0.1, 0.15) is 260 Å². The van der Waals surface area contributed by atoms with Gasteiger partial charge in [0.15, 0.2) is 0 Å². The zero-order valence-corrected chi connectivity index (χ0v) is 60.0. The number of imide groups is 1. The van der Waals surface area contributed by atoms with Gasteiger partial charge in [-0.1, -0.05) is 215 Å². The molecule has 5 aromatic heterocycles. The van der Waals surface area contributed by atoms with Crippen LogP contribution in [-0.4, -0.2) is 70.1 Å². The maximum absolute atomic E-state index is 15.1. The lowest BCUT2D eigenvalue weighted by atomic mass is 10.0. The molecule has 2 amide bonds. The molecule has 476 valence electrons. The number of carbonyl (C=O) groups is 4. The van der Waals surface area contributed by atoms with Crippen LogP contribution in [0.4, 0.5) is 9.59 Å². The molecule has 2 unspecified atom stereocenters. The molecule has 0 spiro atoms. The standard InChI is InChI=1S/C70H102BrNO8S5Si/c1-8-15-20-23-26-29-32-40-77-69(75)79-42-36-52-45-54(82-61(52)56-47-58-65(83-56)64-57(38-44-81-64)86(58,48-50(13-6)34-18-11-4)49-51(14-7)35-19-12-5)62-59-60(68(74)72(67(59)73)39-31-28-25-22-17-10-3)63(85-62)55-46-53(66(71)84-55)37-43-80-70(76)78-41-33-30-27-24-21-16-9-2/h38,44-47,50-51H,8-37,39-43,48-49H2,1-7H3. The number of hydrogen-bond donors (Lipinski definition) is 0. The summed E-state index contributed by atoms with van der Waals surface area (Å²) in [6.07, 6.45) is 31.8. The molecule has 0 saturated heterocycles. The molecule has 0 radical (unpaired) electrons. The summed E-state index contributed by atoms with van der Waals surface area (Å²) in [7, 11) is -2.25. The molecule has 7 heterocycles. The van der Waals surface area contributed by atoms with E-state index in [-0.39, 0.29) is 25.0 Å². The van der Waals surface area contributed by atoms with Crippen molar-refractivity contribution in [3.05, 3.63) is 55.7 Å². The third-order valence-corrected chi connectivity index (χ3v) is 30.8. The lowest BCUT2D eigenvalue weighted by Gasteiger charge is -2.35. The molecule has 2 atom stereocenters. The summed E-state index contributed by atoms with van der Waals surface area (Å²) in [5.74, 6) is 0.899. The van der Waals surface area contributed by atoms with Crippen LogP contribution in [0.25, 0.3) is 39.0 Å². The van der Waals surface area contributed by atoms with Gasteiger partial charge in [0, 0.05) is 48.6 Å². The van der Waals surface area contributed by atoms with Crippen LogP contribution in [0.3, 0.4) is 0 Å². The first kappa shape index (κ1) is 70.3. The minimum absolute atomic E-state index is 0.156. The summed E-state index contributed by atoms with van der Waals surface area (Å²) in [4.78, 5) is 66.0. The molecule has 0 fully saturated rings. The van der Waals surface area contributed by atoms with Crippen molar-refractivity contribution >= 4 is 115 Å². The van der Waals surface area contributed by atoms with E-state index in [0.29, 0.717) is 55.6 Å². The van der Waals surface area contributed by atoms with Gasteiger partial charge in [-0.25, -0.2) is 9.59 Å². The Morgan fingerprint density at radius 1 is 0.477 bits per heavy atom. The molecule has 0 bridgehead atoms. The Balaban J connectivity index is 1.24. The highest BCUT2D eigenvalue weighted by atomic mass is 79.9. The van der Waals surface area contributed by atoms with Crippen LogP contribution in [0.2, 0.25) is 12.1 Å². The Kier molecular flexibility index (Phi) is 30.5. The first-order valence-electron chi connectivity index (χ1n) is 33.7. The summed E-state index contributed by atoms with van der Waals surface area (Å²) in [6, 6.07) is 12.0. The van der Waals surface area contributed by atoms with E-state index in [1.165, 1.54) is 152 Å². The molecule has 86 heavy (non-hydrogen) atoms. The van der Waals surface area contributed by atoms with E-state index in [1.807, 2.05) is 22.7 Å². The number of rotatable bonds is 44. The maximum atomic E-state index is 15.1. The Labute approximate surface area is 546 Å². The van der Waals surface area contributed by atoms with Crippen LogP contribution < -0.4 is 10.4 Å². The normalized spacial score (nSPS) is 15.1. The van der Waals surface area contributed by atoms with Gasteiger partial charge in [-0.05, 0) is 104 Å². The molecule has 16 heteroatoms. The van der Waals surface area contributed by atoms with Crippen molar-refractivity contribution in [2.24, 2.45) is 11.8 Å². The molecule has 0 N–H and O–H groups in total. The number of hydrogen-bond acceptors (Lipinski definition) is 13. The van der Waals surface area contributed by atoms with Crippen LogP contribution in [0.15, 0.2) is 33.4 Å². The van der Waals surface area contributed by atoms with Crippen LogP contribution in [-0.2, 0) is 31.8 Å². The quantitative estimate of drug-likeness (QED) is 0.0164. The van der Waals surface area contributed by atoms with Crippen molar-refractivity contribution in [3.8, 4) is 39.0 Å². The van der Waals surface area contributed by atoms with Crippen molar-refractivity contribution in [1.82, 2.24) is 4.90 Å². The fraction of sp³-hybridized carbons (Fsp3) is 0.657. The highest BCUT2D eigenvalue weighted by molar-refractivity contribution is 9.11. The van der Waals surface area contributed by atoms with Gasteiger partial charge in [0.25, 0.3) is 11.8 Å². The highest BCUT2D eigenvalue weighted by Crippen LogP contribution is 2.54. The van der Waals surface area contributed by atoms with Crippen LogP contribution in [0, 0.1) is 11.8 Å². The second kappa shape index (κ2) is 37.3. The van der Waals surface area contributed by atoms with Crippen molar-refractivity contribution in [1.29, 1.82) is 0 Å². The molecule has 2 aliphatic rings. The van der Waals surface area contributed by atoms with E-state index >= 15 is 4.79 Å². The van der Waals surface area contributed by atoms with Gasteiger partial charge in [0.05, 0.1) is 51.1 Å². The Morgan fingerprint density at radius 2 is 0.919 bits per heavy atom. The van der Waals surface area contributed by atoms with E-state index in [4.69, 9.17) is 18.9 Å². The van der Waals surface area contributed by atoms with Crippen molar-refractivity contribution < 1.29 is 38.1 Å². The van der Waals surface area contributed by atoms with Gasteiger partial charge in [-0.15, -0.1) is 56.7 Å². The number of halogens is 1. The fourth-order valence-electron chi connectivity index (χ4n) is 12.9. The predicted octanol–water partition coefficient (Wildman–Crippen LogP) is 22.6. The van der Waals surface area contributed by atoms with E-state index in [1.54, 1.807) is 33.0 Å². The lowest BCUT2D eigenvalue weighted by molar-refractivity contribution is 0.0539. The van der Waals surface area contributed by atoms with Gasteiger partial charge >= 0.3 is 12.3 Å². The average Bonchev–Trinajstić information content (AvgIpc) is 1.57. The molecule has 9 nitrogen and oxygen atoms in total. The molecular formula is C70H102BrNO8S5Si. The summed E-state index contributed by atoms with van der Waals surface area (Å²) >= 11 is 12.5. The summed E-state index contributed by atoms with van der Waals surface area (Å²) in [5, 5.41) is 5.64. The summed E-state index contributed by atoms with van der Waals surface area (Å²) in [5.41, 5.74) is 3.00. The smallest absolute Gasteiger partial charge is 0.434 e. The third-order valence-electron chi connectivity index (χ3n) is 17.9. The Hall–Kier alpha value is -3.12. The maximum Gasteiger partial charge on any atom is 0.508 e. The first-order chi connectivity index (χ1) is 42.0. The molecular weight excluding hydrogens is 1250 g/mol. The number of ether oxygens (including phenoxy) is 4. The van der Waals surface area contributed by atoms with Crippen LogP contribution in [0.5, 0.6) is 0 Å². The number of nitrogens with zero attached hydrogens (tertiary/aromatic N) is 1. The molecule has 5 aromatic rings. The topological polar surface area (TPSA) is 108 Å². The molecule has 0 saturated carbocycles. The molecule has 0 aliphatic carbocycles. The first-order valence-corrected chi connectivity index (χ1v) is 41.1. The van der Waals surface area contributed by atoms with E-state index in [0.717, 1.165) is 110 Å². The lowest BCUT2D eigenvalue weighted by Crippen LogP contribution is -2.56. The summed E-state index contributed by atoms with van der Waals surface area (Å²) < 4.78 is 23.4. The average molecular weight is 1350 g/mol. The summed E-state index contributed by atoms with van der Waals surface area (Å²) in [6.45, 7) is 17.5. The number of unbranched alkanes of at least 4 members (excludes halogenated alkanes) is 19. The largest absolute Gasteiger partial charge is 0.508 e. The van der Waals surface area contributed by atoms with Crippen molar-refractivity contribution in [2.75, 3.05) is 33.0 Å². The Bertz CT molecular complexity index is 2860. The number of thiophene rings is 5. The van der Waals surface area contributed by atoms with Crippen molar-refractivity contribution in [3.63, 3.8) is 0 Å². The second-order valence-corrected chi connectivity index (χ2v) is 34.9.